The summed E-state index contributed by atoms with van der Waals surface area (Å²) in [6.07, 6.45) is -9.32. The van der Waals surface area contributed by atoms with Gasteiger partial charge >= 0.3 is 23.9 Å². The van der Waals surface area contributed by atoms with Gasteiger partial charge in [0.05, 0.1) is 48.3 Å². The predicted molar refractivity (Wildman–Crippen MR) is 202 cm³/mol. The lowest BCUT2D eigenvalue weighted by Crippen LogP contribution is -2.59. The second-order valence-electron chi connectivity index (χ2n) is 17.0. The summed E-state index contributed by atoms with van der Waals surface area (Å²) in [6, 6.07) is 0. The van der Waals surface area contributed by atoms with Gasteiger partial charge in [0, 0.05) is 58.7 Å². The Labute approximate surface area is 337 Å². The van der Waals surface area contributed by atoms with E-state index in [1.165, 1.54) is 35.0 Å². The average molecular weight is 817 g/mol. The fraction of sp³-hybridized carbons (Fsp3) is 0.878. The maximum atomic E-state index is 14.5. The van der Waals surface area contributed by atoms with Crippen LogP contribution in [-0.4, -0.2) is 127 Å². The van der Waals surface area contributed by atoms with Gasteiger partial charge in [0.2, 0.25) is 0 Å². The minimum atomic E-state index is -1.33. The fourth-order valence-electron chi connectivity index (χ4n) is 8.97. The smallest absolute Gasteiger partial charge is 0.311 e. The van der Waals surface area contributed by atoms with Gasteiger partial charge in [-0.15, -0.1) is 0 Å². The molecule has 2 N–H and O–H groups in total. The molecule has 0 radical (unpaired) electrons. The quantitative estimate of drug-likeness (QED) is 0.235. The Morgan fingerprint density at radius 1 is 0.825 bits per heavy atom. The molecule has 19 atom stereocenters. The zero-order valence-corrected chi connectivity index (χ0v) is 36.1. The minimum absolute atomic E-state index is 0.0819. The molecule has 0 aliphatic carbocycles. The van der Waals surface area contributed by atoms with Crippen LogP contribution in [0.3, 0.4) is 0 Å². The van der Waals surface area contributed by atoms with Crippen molar-refractivity contribution < 1.29 is 76.8 Å². The fourth-order valence-corrected chi connectivity index (χ4v) is 8.97. The molecular weight excluding hydrogens is 748 g/mol. The van der Waals surface area contributed by atoms with E-state index < -0.39 is 132 Å². The molecule has 328 valence electrons. The molecule has 3 fully saturated rings. The third kappa shape index (κ3) is 11.7. The van der Waals surface area contributed by atoms with Gasteiger partial charge in [-0.3, -0.25) is 24.0 Å². The SMILES string of the molecule is CO[C@H]1C[C@@H](C)O[C@@H](O[C@@H]2[C@@H](C)[C@H](O[C@H]3C[C@@](C)(OC)[C@H](OC(C)=O)[C@H](C)O3)[C@@H](C)C(=O)O[C@H]([C@@H](C)C(=O)O)[C@H](C)[C@H](OC(C)=O)[C@@H](C)C(=O)[C@H](C)C[C@@H]2C)[C@@H]1O. The highest BCUT2D eigenvalue weighted by atomic mass is 16.7. The van der Waals surface area contributed by atoms with Crippen molar-refractivity contribution in [3.05, 3.63) is 0 Å². The number of rotatable bonds is 10. The number of hydrogen-bond donors (Lipinski definition) is 2. The summed E-state index contributed by atoms with van der Waals surface area (Å²) in [5.74, 6) is -9.42. The van der Waals surface area contributed by atoms with Gasteiger partial charge in [-0.2, -0.15) is 0 Å². The second-order valence-corrected chi connectivity index (χ2v) is 17.0. The van der Waals surface area contributed by atoms with E-state index >= 15 is 0 Å². The molecule has 3 saturated heterocycles. The van der Waals surface area contributed by atoms with E-state index in [0.717, 1.165) is 0 Å². The van der Waals surface area contributed by atoms with Crippen molar-refractivity contribution in [2.75, 3.05) is 14.2 Å². The van der Waals surface area contributed by atoms with Crippen molar-refractivity contribution in [1.29, 1.82) is 0 Å². The Kier molecular flexibility index (Phi) is 17.5. The highest BCUT2D eigenvalue weighted by Gasteiger charge is 2.52. The van der Waals surface area contributed by atoms with Crippen LogP contribution in [0.4, 0.5) is 0 Å². The van der Waals surface area contributed by atoms with Crippen LogP contribution < -0.4 is 0 Å². The third-order valence-electron chi connectivity index (χ3n) is 12.3. The molecule has 0 saturated carbocycles. The number of carboxylic acid groups (broad SMARTS) is 1. The van der Waals surface area contributed by atoms with Crippen LogP contribution in [0.1, 0.15) is 102 Å². The van der Waals surface area contributed by atoms with E-state index in [0.29, 0.717) is 6.42 Å². The number of aliphatic hydroxyl groups excluding tert-OH is 1. The lowest BCUT2D eigenvalue weighted by molar-refractivity contribution is -0.313. The average Bonchev–Trinajstić information content (AvgIpc) is 3.14. The van der Waals surface area contributed by atoms with Crippen molar-refractivity contribution in [3.8, 4) is 0 Å². The summed E-state index contributed by atoms with van der Waals surface area (Å²) < 4.78 is 54.8. The number of methoxy groups -OCH3 is 2. The van der Waals surface area contributed by atoms with Gasteiger partial charge in [-0.05, 0) is 47.0 Å². The largest absolute Gasteiger partial charge is 0.481 e. The van der Waals surface area contributed by atoms with Crippen molar-refractivity contribution in [2.45, 2.75) is 175 Å². The van der Waals surface area contributed by atoms with E-state index in [2.05, 4.69) is 0 Å². The van der Waals surface area contributed by atoms with Crippen molar-refractivity contribution >= 4 is 29.7 Å². The van der Waals surface area contributed by atoms with Crippen LogP contribution in [0.2, 0.25) is 0 Å². The number of ether oxygens (including phenoxy) is 9. The Bertz CT molecular complexity index is 1390. The van der Waals surface area contributed by atoms with E-state index in [4.69, 9.17) is 42.6 Å². The monoisotopic (exact) mass is 816 g/mol. The lowest BCUT2D eigenvalue weighted by Gasteiger charge is -2.48. The van der Waals surface area contributed by atoms with E-state index in [1.807, 2.05) is 20.8 Å². The summed E-state index contributed by atoms with van der Waals surface area (Å²) in [6.45, 7) is 19.5. The van der Waals surface area contributed by atoms with Crippen LogP contribution in [-0.2, 0) is 66.6 Å². The van der Waals surface area contributed by atoms with Crippen molar-refractivity contribution in [3.63, 3.8) is 0 Å². The van der Waals surface area contributed by atoms with Gasteiger partial charge in [0.1, 0.15) is 29.7 Å². The van der Waals surface area contributed by atoms with Gasteiger partial charge in [0.15, 0.2) is 18.7 Å². The Balaban J connectivity index is 2.21. The summed E-state index contributed by atoms with van der Waals surface area (Å²) in [5.41, 5.74) is -1.06. The molecule has 0 aromatic heterocycles. The first-order chi connectivity index (χ1) is 26.5. The maximum absolute atomic E-state index is 14.5. The number of carbonyl (C=O) groups is 5. The minimum Gasteiger partial charge on any atom is -0.481 e. The summed E-state index contributed by atoms with van der Waals surface area (Å²) >= 11 is 0. The summed E-state index contributed by atoms with van der Waals surface area (Å²) in [7, 11) is 2.98. The van der Waals surface area contributed by atoms with Crippen LogP contribution in [0.5, 0.6) is 0 Å². The molecule has 0 aromatic carbocycles. The van der Waals surface area contributed by atoms with Gasteiger partial charge < -0.3 is 52.8 Å². The molecule has 3 heterocycles. The molecule has 3 aliphatic heterocycles. The molecule has 0 bridgehead atoms. The molecule has 0 aromatic rings. The molecule has 0 spiro atoms. The van der Waals surface area contributed by atoms with Crippen LogP contribution >= 0.6 is 0 Å². The molecule has 3 aliphatic rings. The van der Waals surface area contributed by atoms with Gasteiger partial charge in [-0.1, -0.05) is 34.6 Å². The Hall–Kier alpha value is -2.73. The molecule has 57 heavy (non-hydrogen) atoms. The zero-order valence-electron chi connectivity index (χ0n) is 36.1. The normalized spacial score (nSPS) is 43.2. The van der Waals surface area contributed by atoms with Crippen LogP contribution in [0.15, 0.2) is 0 Å². The number of ketones is 1. The number of carbonyl (C=O) groups excluding carboxylic acids is 4. The van der Waals surface area contributed by atoms with E-state index in [-0.39, 0.29) is 24.7 Å². The van der Waals surface area contributed by atoms with Gasteiger partial charge in [0.25, 0.3) is 0 Å². The predicted octanol–water partition coefficient (Wildman–Crippen LogP) is 4.09. The standard InChI is InChI=1S/C41H68O16/c1-18-15-19(2)33(57-40-32(45)29(49-13)16-20(3)51-40)22(5)36(55-30-17-41(12,50-14)37(26(9)52-30)54-28(11)43)25(8)39(48)56-35(24(7)38(46)47)23(6)34(53-27(10)42)21(4)31(18)44/h18-26,29-30,32-37,40,45H,15-17H2,1-14H3,(H,46,47)/t18-,19+,20-,21+,22-,23-,24-,25-,26+,29+,30+,32-,33+,34-,35+,36+,37-,40+,41-/m1/s1. The topological polar surface area (TPSA) is 209 Å². The van der Waals surface area contributed by atoms with E-state index in [9.17, 15) is 34.2 Å². The molecule has 0 unspecified atom stereocenters. The van der Waals surface area contributed by atoms with Crippen LogP contribution in [0.25, 0.3) is 0 Å². The Morgan fingerprint density at radius 3 is 1.98 bits per heavy atom. The van der Waals surface area contributed by atoms with Crippen molar-refractivity contribution in [1.82, 2.24) is 0 Å². The number of cyclic esters (lactones) is 1. The first-order valence-corrected chi connectivity index (χ1v) is 20.2. The van der Waals surface area contributed by atoms with Gasteiger partial charge in [-0.25, -0.2) is 0 Å². The highest BCUT2D eigenvalue weighted by molar-refractivity contribution is 5.84. The molecule has 3 rings (SSSR count). The summed E-state index contributed by atoms with van der Waals surface area (Å²) in [4.78, 5) is 65.6. The molecule has 16 heteroatoms. The lowest BCUT2D eigenvalue weighted by atomic mass is 9.76. The summed E-state index contributed by atoms with van der Waals surface area (Å²) in [5, 5.41) is 21.5. The highest BCUT2D eigenvalue weighted by Crippen LogP contribution is 2.40. The molecule has 0 amide bonds. The number of aliphatic hydroxyl groups is 1. The molecule has 16 nitrogen and oxygen atoms in total. The number of Topliss-reactive ketones (excluding diaryl/α,β-unsaturated/α-hetero) is 1. The molecular formula is C41H68O16. The Morgan fingerprint density at radius 2 is 1.44 bits per heavy atom. The number of esters is 3. The van der Waals surface area contributed by atoms with Crippen LogP contribution in [0, 0.1) is 41.4 Å². The first-order valence-electron chi connectivity index (χ1n) is 20.2. The third-order valence-corrected chi connectivity index (χ3v) is 12.3. The maximum Gasteiger partial charge on any atom is 0.311 e. The second kappa shape index (κ2) is 20.5. The van der Waals surface area contributed by atoms with E-state index in [1.54, 1.807) is 41.5 Å². The number of carboxylic acids is 1. The number of hydrogen-bond acceptors (Lipinski definition) is 15. The number of aliphatic carboxylic acids is 1. The first kappa shape index (κ1) is 48.6. The zero-order chi connectivity index (χ0) is 43.3. The van der Waals surface area contributed by atoms with Crippen molar-refractivity contribution in [2.24, 2.45) is 41.4 Å².